The summed E-state index contributed by atoms with van der Waals surface area (Å²) in [4.78, 5) is 14.8. The third-order valence-corrected chi connectivity index (χ3v) is 7.00. The minimum Gasteiger partial charge on any atom is -0.497 e. The Hall–Kier alpha value is -2.02. The van der Waals surface area contributed by atoms with E-state index in [9.17, 15) is 4.79 Å². The molecule has 0 saturated heterocycles. The number of hydrogen-bond donors (Lipinski definition) is 0. The molecular weight excluding hydrogens is 396 g/mol. The summed E-state index contributed by atoms with van der Waals surface area (Å²) in [5.41, 5.74) is 1.01. The van der Waals surface area contributed by atoms with Gasteiger partial charge in [0.2, 0.25) is 5.91 Å². The number of rotatable bonds is 9. The molecule has 0 N–H and O–H groups in total. The van der Waals surface area contributed by atoms with Gasteiger partial charge in [-0.3, -0.25) is 4.79 Å². The summed E-state index contributed by atoms with van der Waals surface area (Å²) >= 11 is 1.50. The molecule has 7 heteroatoms. The molecule has 1 aliphatic carbocycles. The number of thioether (sulfide) groups is 1. The minimum absolute atomic E-state index is 0.176. The fraction of sp³-hybridized carbons (Fsp3) is 0.609. The van der Waals surface area contributed by atoms with Crippen LogP contribution in [-0.2, 0) is 11.3 Å². The Morgan fingerprint density at radius 1 is 1.20 bits per heavy atom. The van der Waals surface area contributed by atoms with Crippen LogP contribution in [0.1, 0.15) is 52.4 Å². The average molecular weight is 431 g/mol. The molecule has 0 unspecified atom stereocenters. The maximum absolute atomic E-state index is 12.8. The van der Waals surface area contributed by atoms with Crippen molar-refractivity contribution in [2.24, 2.45) is 5.92 Å². The topological polar surface area (TPSA) is 60.2 Å². The molecule has 3 rings (SSSR count). The lowest BCUT2D eigenvalue weighted by molar-refractivity contribution is -0.129. The monoisotopic (exact) mass is 430 g/mol. The van der Waals surface area contributed by atoms with E-state index in [0.717, 1.165) is 60.4 Å². The van der Waals surface area contributed by atoms with E-state index in [4.69, 9.17) is 4.74 Å². The van der Waals surface area contributed by atoms with E-state index in [1.807, 2.05) is 36.2 Å². The van der Waals surface area contributed by atoms with Crippen LogP contribution in [0.15, 0.2) is 29.4 Å². The Labute approximate surface area is 184 Å². The summed E-state index contributed by atoms with van der Waals surface area (Å²) in [7, 11) is 3.61. The molecule has 0 aliphatic heterocycles. The predicted octanol–water partition coefficient (Wildman–Crippen LogP) is 4.88. The van der Waals surface area contributed by atoms with Gasteiger partial charge in [-0.1, -0.05) is 32.0 Å². The number of nitrogens with zero attached hydrogens (tertiary/aromatic N) is 4. The first-order valence-electron chi connectivity index (χ1n) is 11.0. The summed E-state index contributed by atoms with van der Waals surface area (Å²) in [6.07, 6.45) is 6.79. The molecule has 0 bridgehead atoms. The number of unbranched alkanes of at least 4 members (excludes halogenated alkanes) is 1. The molecule has 1 saturated carbocycles. The maximum atomic E-state index is 12.8. The molecule has 1 aromatic carbocycles. The Balaban J connectivity index is 1.68. The van der Waals surface area contributed by atoms with Crippen LogP contribution in [0.3, 0.4) is 0 Å². The molecule has 1 aromatic heterocycles. The lowest BCUT2D eigenvalue weighted by Gasteiger charge is -2.33. The first kappa shape index (κ1) is 22.7. The first-order chi connectivity index (χ1) is 14.5. The van der Waals surface area contributed by atoms with Crippen molar-refractivity contribution < 1.29 is 9.53 Å². The van der Waals surface area contributed by atoms with Crippen LogP contribution in [0.5, 0.6) is 5.75 Å². The van der Waals surface area contributed by atoms with E-state index < -0.39 is 0 Å². The van der Waals surface area contributed by atoms with Crippen LogP contribution in [0.2, 0.25) is 0 Å². The second-order valence-electron chi connectivity index (χ2n) is 8.25. The Bertz CT molecular complexity index is 813. The molecule has 1 aliphatic rings. The lowest BCUT2D eigenvalue weighted by atomic mass is 9.87. The van der Waals surface area contributed by atoms with Crippen LogP contribution in [0.25, 0.3) is 11.4 Å². The first-order valence-corrected chi connectivity index (χ1v) is 12.0. The van der Waals surface area contributed by atoms with Gasteiger partial charge in [0, 0.05) is 25.2 Å². The molecule has 0 spiro atoms. The summed E-state index contributed by atoms with van der Waals surface area (Å²) in [5, 5.41) is 9.67. The lowest BCUT2D eigenvalue weighted by Crippen LogP contribution is -2.40. The van der Waals surface area contributed by atoms with Crippen molar-refractivity contribution >= 4 is 17.7 Å². The van der Waals surface area contributed by atoms with E-state index >= 15 is 0 Å². The van der Waals surface area contributed by atoms with E-state index in [0.29, 0.717) is 11.8 Å². The van der Waals surface area contributed by atoms with E-state index in [-0.39, 0.29) is 5.91 Å². The minimum atomic E-state index is 0.176. The van der Waals surface area contributed by atoms with E-state index in [2.05, 4.69) is 28.6 Å². The number of ether oxygens (including phenoxy) is 1. The quantitative estimate of drug-likeness (QED) is 0.531. The van der Waals surface area contributed by atoms with Crippen molar-refractivity contribution in [1.29, 1.82) is 0 Å². The van der Waals surface area contributed by atoms with E-state index in [1.54, 1.807) is 7.11 Å². The zero-order valence-corrected chi connectivity index (χ0v) is 19.5. The number of carbonyl (C=O) groups is 1. The second kappa shape index (κ2) is 10.8. The van der Waals surface area contributed by atoms with Crippen LogP contribution >= 0.6 is 11.8 Å². The highest BCUT2D eigenvalue weighted by Crippen LogP contribution is 2.29. The summed E-state index contributed by atoms with van der Waals surface area (Å²) in [6.45, 7) is 5.32. The van der Waals surface area contributed by atoms with Crippen LogP contribution < -0.4 is 4.74 Å². The molecular formula is C23H34N4O2S. The molecule has 30 heavy (non-hydrogen) atoms. The summed E-state index contributed by atoms with van der Waals surface area (Å²) < 4.78 is 7.40. The van der Waals surface area contributed by atoms with Crippen molar-refractivity contribution in [3.8, 4) is 17.1 Å². The van der Waals surface area contributed by atoms with Gasteiger partial charge in [-0.2, -0.15) is 0 Å². The number of benzene rings is 1. The van der Waals surface area contributed by atoms with Crippen molar-refractivity contribution in [2.75, 3.05) is 19.9 Å². The molecule has 6 nitrogen and oxygen atoms in total. The van der Waals surface area contributed by atoms with Gasteiger partial charge in [0.25, 0.3) is 0 Å². The van der Waals surface area contributed by atoms with Gasteiger partial charge in [0.05, 0.1) is 12.9 Å². The zero-order valence-electron chi connectivity index (χ0n) is 18.6. The van der Waals surface area contributed by atoms with Gasteiger partial charge in [-0.05, 0) is 62.3 Å². The number of hydrogen-bond acceptors (Lipinski definition) is 5. The fourth-order valence-electron chi connectivity index (χ4n) is 3.93. The van der Waals surface area contributed by atoms with Crippen LogP contribution in [0.4, 0.5) is 0 Å². The van der Waals surface area contributed by atoms with Crippen molar-refractivity contribution in [1.82, 2.24) is 19.7 Å². The van der Waals surface area contributed by atoms with Crippen LogP contribution in [-0.4, -0.2) is 51.5 Å². The number of aromatic nitrogens is 3. The Morgan fingerprint density at radius 2 is 1.90 bits per heavy atom. The van der Waals surface area contributed by atoms with Gasteiger partial charge < -0.3 is 14.2 Å². The molecule has 0 radical (unpaired) electrons. The van der Waals surface area contributed by atoms with Crippen molar-refractivity contribution in [3.63, 3.8) is 0 Å². The predicted molar refractivity (Wildman–Crippen MR) is 122 cm³/mol. The highest BCUT2D eigenvalue weighted by atomic mass is 32.2. The Morgan fingerprint density at radius 3 is 2.53 bits per heavy atom. The smallest absolute Gasteiger partial charge is 0.233 e. The number of methoxy groups -OCH3 is 1. The normalized spacial score (nSPS) is 18.9. The van der Waals surface area contributed by atoms with Gasteiger partial charge in [-0.15, -0.1) is 10.2 Å². The third kappa shape index (κ3) is 5.56. The highest BCUT2D eigenvalue weighted by molar-refractivity contribution is 7.99. The van der Waals surface area contributed by atoms with Crippen LogP contribution in [0, 0.1) is 5.92 Å². The Kier molecular flexibility index (Phi) is 8.19. The molecule has 164 valence electrons. The average Bonchev–Trinajstić information content (AvgIpc) is 3.18. The SMILES string of the molecule is CCCCn1c(SCC(=O)N(C)C2CCC(C)CC2)nnc1-c1ccc(OC)cc1. The highest BCUT2D eigenvalue weighted by Gasteiger charge is 2.25. The zero-order chi connectivity index (χ0) is 21.5. The van der Waals surface area contributed by atoms with Crippen molar-refractivity contribution in [2.45, 2.75) is 70.1 Å². The number of amides is 1. The molecule has 1 amide bonds. The second-order valence-corrected chi connectivity index (χ2v) is 9.19. The molecule has 0 atom stereocenters. The maximum Gasteiger partial charge on any atom is 0.233 e. The molecule has 1 heterocycles. The van der Waals surface area contributed by atoms with Crippen molar-refractivity contribution in [3.05, 3.63) is 24.3 Å². The van der Waals surface area contributed by atoms with Gasteiger partial charge >= 0.3 is 0 Å². The summed E-state index contributed by atoms with van der Waals surface area (Å²) in [5.74, 6) is 3.02. The largest absolute Gasteiger partial charge is 0.497 e. The fourth-order valence-corrected chi connectivity index (χ4v) is 4.82. The molecule has 2 aromatic rings. The van der Waals surface area contributed by atoms with E-state index in [1.165, 1.54) is 24.6 Å². The third-order valence-electron chi connectivity index (χ3n) is 6.05. The number of carbonyl (C=O) groups excluding carboxylic acids is 1. The van der Waals surface area contributed by atoms with Gasteiger partial charge in [-0.25, -0.2) is 0 Å². The standard InChI is InChI=1S/C23H34N4O2S/c1-5-6-15-27-22(18-9-13-20(29-4)14-10-18)24-25-23(27)30-16-21(28)26(3)19-11-7-17(2)8-12-19/h9-10,13-14,17,19H,5-8,11-12,15-16H2,1-4H3. The summed E-state index contributed by atoms with van der Waals surface area (Å²) in [6, 6.07) is 8.25. The molecule has 1 fully saturated rings. The van der Waals surface area contributed by atoms with Gasteiger partial charge in [0.15, 0.2) is 11.0 Å². The van der Waals surface area contributed by atoms with Gasteiger partial charge in [0.1, 0.15) is 5.75 Å².